The Bertz CT molecular complexity index is 1220. The standard InChI is InChI=1S/C27H32FN7O/c28-21-5-1-4-20(18-21)24-7-3-11-35(24)25(29)9-10-26-30-19-23(31-26)22-6-2-8-27(32-22)34-14-12-33(13-15-34)16-17-36/h1-2,4-6,8-10,18-19,24,29,36H,3,7,11-17H2,(H,30,31)/b10-9-,29-25?. The van der Waals surface area contributed by atoms with Crippen LogP contribution in [-0.2, 0) is 0 Å². The second kappa shape index (κ2) is 11.0. The molecule has 2 aromatic heterocycles. The number of aliphatic hydroxyl groups is 1. The van der Waals surface area contributed by atoms with E-state index in [1.165, 1.54) is 6.07 Å². The third kappa shape index (κ3) is 5.47. The zero-order valence-electron chi connectivity index (χ0n) is 20.3. The highest BCUT2D eigenvalue weighted by Gasteiger charge is 2.27. The summed E-state index contributed by atoms with van der Waals surface area (Å²) in [4.78, 5) is 19.1. The van der Waals surface area contributed by atoms with Crippen LogP contribution in [0.25, 0.3) is 17.5 Å². The largest absolute Gasteiger partial charge is 0.395 e. The first-order valence-corrected chi connectivity index (χ1v) is 12.5. The number of anilines is 1. The molecule has 36 heavy (non-hydrogen) atoms. The van der Waals surface area contributed by atoms with Crippen molar-refractivity contribution in [3.05, 3.63) is 71.9 Å². The van der Waals surface area contributed by atoms with Crippen molar-refractivity contribution in [1.82, 2.24) is 24.8 Å². The van der Waals surface area contributed by atoms with Crippen LogP contribution in [0.5, 0.6) is 0 Å². The van der Waals surface area contributed by atoms with Crippen molar-refractivity contribution in [3.8, 4) is 11.4 Å². The molecule has 0 spiro atoms. The fraction of sp³-hybridized carbons (Fsp3) is 0.370. The van der Waals surface area contributed by atoms with Gasteiger partial charge in [-0.1, -0.05) is 18.2 Å². The first kappa shape index (κ1) is 24.1. The van der Waals surface area contributed by atoms with Crippen molar-refractivity contribution in [2.24, 2.45) is 0 Å². The average Bonchev–Trinajstić information content (AvgIpc) is 3.58. The molecule has 188 valence electrons. The number of nitrogens with one attached hydrogen (secondary N) is 2. The minimum atomic E-state index is -0.244. The Morgan fingerprint density at radius 2 is 1.97 bits per heavy atom. The molecule has 4 heterocycles. The van der Waals surface area contributed by atoms with Gasteiger partial charge >= 0.3 is 0 Å². The van der Waals surface area contributed by atoms with Crippen molar-refractivity contribution < 1.29 is 9.50 Å². The zero-order chi connectivity index (χ0) is 24.9. The number of hydrogen-bond acceptors (Lipinski definition) is 6. The number of halogens is 1. The van der Waals surface area contributed by atoms with Gasteiger partial charge in [-0.3, -0.25) is 10.3 Å². The number of rotatable bonds is 7. The zero-order valence-corrected chi connectivity index (χ0v) is 20.3. The molecule has 1 unspecified atom stereocenters. The molecular formula is C27H32FN7O. The molecule has 2 saturated heterocycles. The average molecular weight is 490 g/mol. The molecule has 0 bridgehead atoms. The molecule has 2 fully saturated rings. The lowest BCUT2D eigenvalue weighted by Crippen LogP contribution is -2.47. The number of aromatic nitrogens is 3. The Hall–Kier alpha value is -3.56. The van der Waals surface area contributed by atoms with Gasteiger partial charge in [-0.05, 0) is 54.8 Å². The number of aliphatic hydroxyl groups excluding tert-OH is 1. The van der Waals surface area contributed by atoms with Crippen LogP contribution in [0.4, 0.5) is 10.2 Å². The smallest absolute Gasteiger partial charge is 0.130 e. The number of β-amino-alcohol motifs (C(OH)–C–C–N with tert-alkyl or cyclic N) is 1. The summed E-state index contributed by atoms with van der Waals surface area (Å²) in [6.07, 6.45) is 7.19. The maximum atomic E-state index is 13.7. The summed E-state index contributed by atoms with van der Waals surface area (Å²) in [7, 11) is 0. The number of H-pyrrole nitrogens is 1. The number of hydrogen-bond donors (Lipinski definition) is 3. The summed E-state index contributed by atoms with van der Waals surface area (Å²) in [6.45, 7) is 5.26. The van der Waals surface area contributed by atoms with Crippen LogP contribution in [-0.4, -0.2) is 81.6 Å². The van der Waals surface area contributed by atoms with E-state index in [0.29, 0.717) is 18.2 Å². The molecule has 0 amide bonds. The second-order valence-corrected chi connectivity index (χ2v) is 9.24. The quantitative estimate of drug-likeness (QED) is 0.347. The number of nitrogens with zero attached hydrogens (tertiary/aromatic N) is 5. The fourth-order valence-electron chi connectivity index (χ4n) is 5.01. The first-order valence-electron chi connectivity index (χ1n) is 12.5. The Labute approximate surface area is 210 Å². The monoisotopic (exact) mass is 489 g/mol. The molecule has 0 aliphatic carbocycles. The Kier molecular flexibility index (Phi) is 7.39. The fourth-order valence-corrected chi connectivity index (χ4v) is 5.01. The predicted molar refractivity (Wildman–Crippen MR) is 139 cm³/mol. The van der Waals surface area contributed by atoms with Crippen LogP contribution in [0.15, 0.2) is 54.7 Å². The summed E-state index contributed by atoms with van der Waals surface area (Å²) in [5, 5.41) is 17.7. The van der Waals surface area contributed by atoms with E-state index in [-0.39, 0.29) is 18.5 Å². The minimum absolute atomic E-state index is 0.0162. The van der Waals surface area contributed by atoms with Gasteiger partial charge in [0.1, 0.15) is 23.3 Å². The van der Waals surface area contributed by atoms with Crippen LogP contribution in [0.2, 0.25) is 0 Å². The number of piperazine rings is 1. The minimum Gasteiger partial charge on any atom is -0.395 e. The first-order chi connectivity index (χ1) is 17.6. The maximum Gasteiger partial charge on any atom is 0.130 e. The summed E-state index contributed by atoms with van der Waals surface area (Å²) in [6, 6.07) is 12.7. The number of amidine groups is 1. The molecule has 0 saturated carbocycles. The second-order valence-electron chi connectivity index (χ2n) is 9.24. The van der Waals surface area contributed by atoms with Crippen molar-refractivity contribution in [2.45, 2.75) is 18.9 Å². The van der Waals surface area contributed by atoms with E-state index in [2.05, 4.69) is 19.8 Å². The number of imidazole rings is 1. The summed E-state index contributed by atoms with van der Waals surface area (Å²) >= 11 is 0. The molecule has 0 radical (unpaired) electrons. The van der Waals surface area contributed by atoms with Crippen LogP contribution < -0.4 is 4.90 Å². The highest BCUT2D eigenvalue weighted by molar-refractivity contribution is 5.94. The highest BCUT2D eigenvalue weighted by Crippen LogP contribution is 2.32. The topological polar surface area (TPSA) is 95.4 Å². The van der Waals surface area contributed by atoms with Gasteiger partial charge in [0, 0.05) is 39.3 Å². The molecule has 1 atom stereocenters. The third-order valence-electron chi connectivity index (χ3n) is 6.91. The Morgan fingerprint density at radius 3 is 2.78 bits per heavy atom. The van der Waals surface area contributed by atoms with Crippen molar-refractivity contribution >= 4 is 17.7 Å². The van der Waals surface area contributed by atoms with E-state index in [9.17, 15) is 4.39 Å². The summed E-state index contributed by atoms with van der Waals surface area (Å²) in [5.74, 6) is 1.73. The van der Waals surface area contributed by atoms with Crippen molar-refractivity contribution in [1.29, 1.82) is 5.41 Å². The molecule has 2 aliphatic rings. The Morgan fingerprint density at radius 1 is 1.14 bits per heavy atom. The van der Waals surface area contributed by atoms with Gasteiger partial charge in [0.2, 0.25) is 0 Å². The predicted octanol–water partition coefficient (Wildman–Crippen LogP) is 3.55. The molecule has 2 aliphatic heterocycles. The third-order valence-corrected chi connectivity index (χ3v) is 6.91. The molecule has 5 rings (SSSR count). The van der Waals surface area contributed by atoms with Crippen molar-refractivity contribution in [2.75, 3.05) is 50.8 Å². The maximum absolute atomic E-state index is 13.7. The van der Waals surface area contributed by atoms with E-state index >= 15 is 0 Å². The van der Waals surface area contributed by atoms with E-state index in [0.717, 1.165) is 68.3 Å². The van der Waals surface area contributed by atoms with E-state index in [4.69, 9.17) is 15.5 Å². The number of pyridine rings is 1. The van der Waals surface area contributed by atoms with Gasteiger partial charge < -0.3 is 19.9 Å². The van der Waals surface area contributed by atoms with Gasteiger partial charge in [-0.15, -0.1) is 0 Å². The molecule has 3 aromatic rings. The van der Waals surface area contributed by atoms with E-state index in [1.54, 1.807) is 30.5 Å². The normalized spacial score (nSPS) is 18.9. The molecule has 8 nitrogen and oxygen atoms in total. The van der Waals surface area contributed by atoms with Crippen LogP contribution in [0, 0.1) is 11.2 Å². The van der Waals surface area contributed by atoms with E-state index in [1.807, 2.05) is 29.2 Å². The van der Waals surface area contributed by atoms with E-state index < -0.39 is 0 Å². The molecule has 1 aromatic carbocycles. The molecule has 3 N–H and O–H groups in total. The lowest BCUT2D eigenvalue weighted by atomic mass is 10.0. The van der Waals surface area contributed by atoms with Gasteiger partial charge in [0.05, 0.1) is 30.2 Å². The lowest BCUT2D eigenvalue weighted by Gasteiger charge is -2.35. The Balaban J connectivity index is 1.24. The number of likely N-dealkylation sites (tertiary alicyclic amines) is 1. The van der Waals surface area contributed by atoms with Crippen LogP contribution in [0.1, 0.15) is 30.3 Å². The number of benzene rings is 1. The summed E-state index contributed by atoms with van der Waals surface area (Å²) in [5.41, 5.74) is 2.55. The van der Waals surface area contributed by atoms with Crippen molar-refractivity contribution in [3.63, 3.8) is 0 Å². The SMILES string of the molecule is N=C(/C=C\c1ncc(-c2cccc(N3CCN(CCO)CC3)n2)[nH]1)N1CCCC1c1cccc(F)c1. The van der Waals surface area contributed by atoms with Gasteiger partial charge in [0.25, 0.3) is 0 Å². The molecule has 9 heteroatoms. The van der Waals surface area contributed by atoms with Gasteiger partial charge in [-0.25, -0.2) is 14.4 Å². The highest BCUT2D eigenvalue weighted by atomic mass is 19.1. The lowest BCUT2D eigenvalue weighted by molar-refractivity contribution is 0.188. The van der Waals surface area contributed by atoms with Gasteiger partial charge in [0.15, 0.2) is 0 Å². The number of aromatic amines is 1. The van der Waals surface area contributed by atoms with Crippen LogP contribution in [0.3, 0.4) is 0 Å². The van der Waals surface area contributed by atoms with Gasteiger partial charge in [-0.2, -0.15) is 0 Å². The van der Waals surface area contributed by atoms with Crippen LogP contribution >= 0.6 is 0 Å². The molecular weight excluding hydrogens is 457 g/mol. The summed E-state index contributed by atoms with van der Waals surface area (Å²) < 4.78 is 13.7.